The quantitative estimate of drug-likeness (QED) is 0.292. The highest BCUT2D eigenvalue weighted by Crippen LogP contribution is 2.47. The lowest BCUT2D eigenvalue weighted by Crippen LogP contribution is -2.51. The maximum absolute atomic E-state index is 14.8. The average molecular weight is 611 g/mol. The molecule has 2 aromatic heterocycles. The minimum absolute atomic E-state index is 0.0854. The monoisotopic (exact) mass is 610 g/mol. The van der Waals surface area contributed by atoms with E-state index in [0.29, 0.717) is 58.0 Å². The Labute approximate surface area is 262 Å². The molecule has 2 aromatic carbocycles. The zero-order valence-electron chi connectivity index (χ0n) is 25.7. The number of phenols is 1. The van der Waals surface area contributed by atoms with Gasteiger partial charge in [0.05, 0.1) is 25.0 Å². The van der Waals surface area contributed by atoms with Gasteiger partial charge in [-0.2, -0.15) is 9.97 Å². The summed E-state index contributed by atoms with van der Waals surface area (Å²) in [5, 5.41) is 15.5. The standard InChI is InChI=1S/C34H39FN8O2/c1-3-27-28(35)7-4-22-14-26(44)15-23(29(22)27)16-43-21-36-30-31(43)38-33(42-17-24-5-6-25(18-42)37-24)39-32(30)45-20-34(8-9-34)19-41-12-10-40(2)11-13-41/h1,4,7,14-15,21,24-25,37,44H,5-6,8-13,16-20H2,2H3/t24-,25+. The zero-order chi connectivity index (χ0) is 30.7. The van der Waals surface area contributed by atoms with Crippen LogP contribution in [0.2, 0.25) is 0 Å². The number of anilines is 1. The molecule has 5 heterocycles. The summed E-state index contributed by atoms with van der Waals surface area (Å²) in [4.78, 5) is 22.0. The van der Waals surface area contributed by atoms with Crippen molar-refractivity contribution in [2.45, 2.75) is 44.3 Å². The Balaban J connectivity index is 1.14. The van der Waals surface area contributed by atoms with E-state index >= 15 is 0 Å². The first-order valence-corrected chi connectivity index (χ1v) is 16.0. The topological polar surface area (TPSA) is 94.8 Å². The van der Waals surface area contributed by atoms with E-state index in [0.717, 1.165) is 71.5 Å². The molecular weight excluding hydrogens is 571 g/mol. The number of terminal acetylenes is 1. The molecule has 10 nitrogen and oxygen atoms in total. The highest BCUT2D eigenvalue weighted by Gasteiger charge is 2.45. The van der Waals surface area contributed by atoms with Gasteiger partial charge in [0.1, 0.15) is 11.6 Å². The van der Waals surface area contributed by atoms with Gasteiger partial charge in [0.2, 0.25) is 11.8 Å². The fourth-order valence-electron chi connectivity index (χ4n) is 7.41. The van der Waals surface area contributed by atoms with Crippen molar-refractivity contribution in [3.8, 4) is 24.0 Å². The van der Waals surface area contributed by atoms with Crippen LogP contribution in [-0.4, -0.2) is 106 Å². The van der Waals surface area contributed by atoms with Gasteiger partial charge in [-0.3, -0.25) is 0 Å². The number of benzene rings is 2. The Hall–Kier alpha value is -3.98. The van der Waals surface area contributed by atoms with Gasteiger partial charge in [0, 0.05) is 68.7 Å². The van der Waals surface area contributed by atoms with Crippen molar-refractivity contribution in [3.63, 3.8) is 0 Å². The molecule has 0 unspecified atom stereocenters. The summed E-state index contributed by atoms with van der Waals surface area (Å²) in [6.07, 6.45) is 12.1. The molecule has 11 heteroatoms. The van der Waals surface area contributed by atoms with Crippen LogP contribution < -0.4 is 15.0 Å². The molecule has 234 valence electrons. The molecular formula is C34H39FN8O2. The van der Waals surface area contributed by atoms with Crippen LogP contribution in [0.4, 0.5) is 10.3 Å². The number of nitrogens with one attached hydrogen (secondary N) is 1. The number of likely N-dealkylation sites (N-methyl/N-ethyl adjacent to an activating group) is 1. The second-order valence-electron chi connectivity index (χ2n) is 13.6. The summed E-state index contributed by atoms with van der Waals surface area (Å²) in [5.74, 6) is 3.27. The van der Waals surface area contributed by atoms with Crippen LogP contribution in [0.3, 0.4) is 0 Å². The number of aromatic hydroxyl groups is 1. The van der Waals surface area contributed by atoms with E-state index in [4.69, 9.17) is 26.1 Å². The molecule has 4 aliphatic rings. The van der Waals surface area contributed by atoms with Crippen LogP contribution in [0.5, 0.6) is 11.6 Å². The van der Waals surface area contributed by atoms with Gasteiger partial charge >= 0.3 is 0 Å². The maximum atomic E-state index is 14.8. The predicted octanol–water partition coefficient (Wildman–Crippen LogP) is 3.20. The van der Waals surface area contributed by atoms with E-state index in [9.17, 15) is 9.50 Å². The smallest absolute Gasteiger partial charge is 0.247 e. The maximum Gasteiger partial charge on any atom is 0.247 e. The predicted molar refractivity (Wildman–Crippen MR) is 171 cm³/mol. The molecule has 45 heavy (non-hydrogen) atoms. The number of imidazole rings is 1. The number of phenolic OH excluding ortho intramolecular Hbond substituents is 1. The fraction of sp³-hybridized carbons (Fsp3) is 0.500. The summed E-state index contributed by atoms with van der Waals surface area (Å²) >= 11 is 0. The van der Waals surface area contributed by atoms with Crippen molar-refractivity contribution in [3.05, 3.63) is 47.5 Å². The first kappa shape index (κ1) is 28.5. The molecule has 2 atom stereocenters. The number of piperazine rings is 2. The van der Waals surface area contributed by atoms with Crippen LogP contribution in [0, 0.1) is 23.6 Å². The number of fused-ring (bicyclic) bond motifs is 4. The summed E-state index contributed by atoms with van der Waals surface area (Å²) in [7, 11) is 2.18. The third-order valence-corrected chi connectivity index (χ3v) is 10.2. The highest BCUT2D eigenvalue weighted by atomic mass is 19.1. The van der Waals surface area contributed by atoms with Crippen LogP contribution in [0.25, 0.3) is 21.9 Å². The van der Waals surface area contributed by atoms with E-state index < -0.39 is 5.82 Å². The van der Waals surface area contributed by atoms with Gasteiger partial charge < -0.3 is 34.4 Å². The largest absolute Gasteiger partial charge is 0.508 e. The minimum atomic E-state index is -0.466. The molecule has 2 N–H and O–H groups in total. The number of rotatable bonds is 8. The van der Waals surface area contributed by atoms with Crippen molar-refractivity contribution in [1.82, 2.24) is 34.6 Å². The van der Waals surface area contributed by atoms with Gasteiger partial charge in [0.25, 0.3) is 0 Å². The highest BCUT2D eigenvalue weighted by molar-refractivity contribution is 5.92. The van der Waals surface area contributed by atoms with Gasteiger partial charge in [-0.05, 0) is 61.9 Å². The van der Waals surface area contributed by atoms with E-state index in [2.05, 4.69) is 33.0 Å². The van der Waals surface area contributed by atoms with Crippen LogP contribution in [0.15, 0.2) is 30.6 Å². The van der Waals surface area contributed by atoms with Gasteiger partial charge in [0.15, 0.2) is 11.2 Å². The average Bonchev–Trinajstić information content (AvgIpc) is 3.56. The molecule has 4 aromatic rings. The van der Waals surface area contributed by atoms with E-state index in [-0.39, 0.29) is 23.3 Å². The van der Waals surface area contributed by atoms with Crippen molar-refractivity contribution >= 4 is 27.9 Å². The minimum Gasteiger partial charge on any atom is -0.508 e. The number of aromatic nitrogens is 4. The summed E-state index contributed by atoms with van der Waals surface area (Å²) in [6, 6.07) is 7.07. The molecule has 2 bridgehead atoms. The van der Waals surface area contributed by atoms with Gasteiger partial charge in [-0.25, -0.2) is 9.37 Å². The van der Waals surface area contributed by atoms with Crippen molar-refractivity contribution in [2.24, 2.45) is 5.41 Å². The molecule has 1 aliphatic carbocycles. The van der Waals surface area contributed by atoms with Gasteiger partial charge in [-0.1, -0.05) is 12.0 Å². The van der Waals surface area contributed by atoms with Crippen molar-refractivity contribution in [1.29, 1.82) is 0 Å². The molecule has 4 fully saturated rings. The number of hydrogen-bond donors (Lipinski definition) is 2. The zero-order valence-corrected chi connectivity index (χ0v) is 25.7. The Morgan fingerprint density at radius 3 is 2.62 bits per heavy atom. The molecule has 3 saturated heterocycles. The Kier molecular flexibility index (Phi) is 7.04. The summed E-state index contributed by atoms with van der Waals surface area (Å²) < 4.78 is 23.3. The number of nitrogens with zero attached hydrogens (tertiary/aromatic N) is 7. The summed E-state index contributed by atoms with van der Waals surface area (Å²) in [5.41, 5.74) is 2.24. The van der Waals surface area contributed by atoms with Crippen LogP contribution >= 0.6 is 0 Å². The molecule has 8 rings (SSSR count). The second-order valence-corrected chi connectivity index (χ2v) is 13.6. The number of ether oxygens (including phenoxy) is 1. The molecule has 0 radical (unpaired) electrons. The van der Waals surface area contributed by atoms with Crippen molar-refractivity contribution in [2.75, 3.05) is 64.4 Å². The third-order valence-electron chi connectivity index (χ3n) is 10.2. The first-order chi connectivity index (χ1) is 21.9. The van der Waals surface area contributed by atoms with Crippen LogP contribution in [0.1, 0.15) is 36.8 Å². The SMILES string of the molecule is C#Cc1c(F)ccc2cc(O)cc(Cn3cnc4c(OCC5(CN6CCN(C)CC6)CC5)nc(N5C[C@H]6CC[C@@H](C5)N6)nc43)c12. The lowest BCUT2D eigenvalue weighted by atomic mass is 9.98. The number of halogens is 1. The fourth-order valence-corrected chi connectivity index (χ4v) is 7.41. The Morgan fingerprint density at radius 2 is 1.89 bits per heavy atom. The second kappa shape index (κ2) is 11.1. The Bertz CT molecular complexity index is 1790. The summed E-state index contributed by atoms with van der Waals surface area (Å²) in [6.45, 7) is 7.96. The van der Waals surface area contributed by atoms with Crippen molar-refractivity contribution < 1.29 is 14.2 Å². The lowest BCUT2D eigenvalue weighted by molar-refractivity contribution is 0.109. The van der Waals surface area contributed by atoms with E-state index in [1.807, 2.05) is 4.57 Å². The van der Waals surface area contributed by atoms with E-state index in [1.54, 1.807) is 24.5 Å². The molecule has 3 aliphatic heterocycles. The number of hydrogen-bond acceptors (Lipinski definition) is 9. The van der Waals surface area contributed by atoms with E-state index in [1.165, 1.54) is 6.07 Å². The first-order valence-electron chi connectivity index (χ1n) is 16.0. The van der Waals surface area contributed by atoms with Gasteiger partial charge in [-0.15, -0.1) is 6.42 Å². The molecule has 0 amide bonds. The third kappa shape index (κ3) is 5.45. The van der Waals surface area contributed by atoms with Crippen LogP contribution in [-0.2, 0) is 6.54 Å². The normalized spacial score (nSPS) is 23.1. The molecule has 0 spiro atoms. The molecule has 1 saturated carbocycles. The Morgan fingerprint density at radius 1 is 1.11 bits per heavy atom. The lowest BCUT2D eigenvalue weighted by Gasteiger charge is -2.34.